The first-order chi connectivity index (χ1) is 18.0. The fraction of sp³-hybridized carbons (Fsp3) is 0.500. The lowest BCUT2D eigenvalue weighted by Gasteiger charge is -2.24. The largest absolute Gasteiger partial charge is 0.480 e. The highest BCUT2D eigenvalue weighted by molar-refractivity contribution is 6.07. The standard InChI is InChI=1S/C28H36N6O3/c1-33-25-9-4-8-22(23(25)18-30-33)27(35)32-24(28(36)37)14-17-34(21-12-13-21)16-3-2-7-20-11-10-19-6-5-15-29-26(19)31-20/h4,8-11,18,21,24H,2-3,5-7,12-17H2,1H3,(H,29,31)(H,32,35)(H,36,37)/t24-/m0/s1. The molecule has 1 amide bonds. The number of carbonyl (C=O) groups is 2. The molecule has 1 atom stereocenters. The minimum absolute atomic E-state index is 0.374. The predicted molar refractivity (Wildman–Crippen MR) is 143 cm³/mol. The second kappa shape index (κ2) is 11.3. The maximum absolute atomic E-state index is 13.0. The van der Waals surface area contributed by atoms with Gasteiger partial charge in [0.05, 0.1) is 17.3 Å². The van der Waals surface area contributed by atoms with Gasteiger partial charge in [-0.2, -0.15) is 5.10 Å². The summed E-state index contributed by atoms with van der Waals surface area (Å²) in [4.78, 5) is 32.2. The molecule has 1 aliphatic carbocycles. The van der Waals surface area contributed by atoms with E-state index in [0.29, 0.717) is 24.6 Å². The van der Waals surface area contributed by atoms with Gasteiger partial charge in [0.15, 0.2) is 0 Å². The van der Waals surface area contributed by atoms with Crippen LogP contribution >= 0.6 is 0 Å². The van der Waals surface area contributed by atoms with Gasteiger partial charge in [0, 0.05) is 37.3 Å². The molecule has 1 fully saturated rings. The van der Waals surface area contributed by atoms with Crippen LogP contribution in [0.2, 0.25) is 0 Å². The third-order valence-corrected chi connectivity index (χ3v) is 7.49. The number of carboxylic acids is 1. The topological polar surface area (TPSA) is 112 Å². The minimum Gasteiger partial charge on any atom is -0.480 e. The summed E-state index contributed by atoms with van der Waals surface area (Å²) in [5, 5.41) is 20.9. The average Bonchev–Trinajstić information content (AvgIpc) is 3.68. The molecule has 0 radical (unpaired) electrons. The van der Waals surface area contributed by atoms with Crippen molar-refractivity contribution in [1.82, 2.24) is 25.0 Å². The summed E-state index contributed by atoms with van der Waals surface area (Å²) in [5.74, 6) is -0.338. The normalized spacial score (nSPS) is 15.8. The lowest BCUT2D eigenvalue weighted by atomic mass is 10.1. The monoisotopic (exact) mass is 504 g/mol. The van der Waals surface area contributed by atoms with Crippen molar-refractivity contribution in [3.63, 3.8) is 0 Å². The van der Waals surface area contributed by atoms with E-state index in [1.54, 1.807) is 23.0 Å². The molecule has 37 heavy (non-hydrogen) atoms. The molecule has 0 saturated heterocycles. The summed E-state index contributed by atoms with van der Waals surface area (Å²) in [6, 6.07) is 9.33. The summed E-state index contributed by atoms with van der Waals surface area (Å²) in [7, 11) is 1.82. The molecular formula is C28H36N6O3. The maximum atomic E-state index is 13.0. The first-order valence-corrected chi connectivity index (χ1v) is 13.4. The number of unbranched alkanes of at least 4 members (excludes halogenated alkanes) is 1. The molecule has 3 aromatic rings. The number of benzene rings is 1. The van der Waals surface area contributed by atoms with Gasteiger partial charge in [-0.25, -0.2) is 9.78 Å². The van der Waals surface area contributed by atoms with Gasteiger partial charge in [-0.3, -0.25) is 9.48 Å². The van der Waals surface area contributed by atoms with Crippen molar-refractivity contribution in [2.45, 2.75) is 63.5 Å². The molecule has 2 aliphatic rings. The molecule has 9 heteroatoms. The Labute approximate surface area is 217 Å². The van der Waals surface area contributed by atoms with Crippen LogP contribution in [0, 0.1) is 0 Å². The average molecular weight is 505 g/mol. The zero-order chi connectivity index (χ0) is 25.8. The molecule has 0 unspecified atom stereocenters. The van der Waals surface area contributed by atoms with Crippen LogP contribution in [0.15, 0.2) is 36.5 Å². The van der Waals surface area contributed by atoms with Crippen molar-refractivity contribution in [2.24, 2.45) is 7.05 Å². The van der Waals surface area contributed by atoms with E-state index in [1.165, 1.54) is 5.56 Å². The van der Waals surface area contributed by atoms with Gasteiger partial charge in [0.1, 0.15) is 11.9 Å². The number of carbonyl (C=O) groups excluding carboxylic acids is 1. The van der Waals surface area contributed by atoms with Crippen LogP contribution in [0.3, 0.4) is 0 Å². The minimum atomic E-state index is -1.01. The number of carboxylic acid groups (broad SMARTS) is 1. The predicted octanol–water partition coefficient (Wildman–Crippen LogP) is 3.39. The number of aliphatic carboxylic acids is 1. The van der Waals surface area contributed by atoms with Gasteiger partial charge >= 0.3 is 5.97 Å². The van der Waals surface area contributed by atoms with E-state index in [-0.39, 0.29) is 5.91 Å². The highest BCUT2D eigenvalue weighted by atomic mass is 16.4. The third-order valence-electron chi connectivity index (χ3n) is 7.49. The van der Waals surface area contributed by atoms with Crippen LogP contribution in [-0.2, 0) is 24.7 Å². The van der Waals surface area contributed by atoms with Crippen molar-refractivity contribution in [3.05, 3.63) is 53.3 Å². The van der Waals surface area contributed by atoms with E-state index in [1.807, 2.05) is 13.1 Å². The van der Waals surface area contributed by atoms with Crippen molar-refractivity contribution in [3.8, 4) is 0 Å². The Morgan fingerprint density at radius 2 is 2.08 bits per heavy atom. The molecule has 1 saturated carbocycles. The molecule has 9 nitrogen and oxygen atoms in total. The third kappa shape index (κ3) is 6.10. The number of aryl methyl sites for hydroxylation is 3. The number of hydrogen-bond acceptors (Lipinski definition) is 6. The number of hydrogen-bond donors (Lipinski definition) is 3. The molecule has 5 rings (SSSR count). The Hall–Kier alpha value is -3.46. The molecule has 3 N–H and O–H groups in total. The number of amides is 1. The molecule has 3 heterocycles. The Morgan fingerprint density at radius 1 is 1.22 bits per heavy atom. The number of fused-ring (bicyclic) bond motifs is 2. The lowest BCUT2D eigenvalue weighted by molar-refractivity contribution is -0.139. The smallest absolute Gasteiger partial charge is 0.326 e. The van der Waals surface area contributed by atoms with Gasteiger partial charge in [0.25, 0.3) is 5.91 Å². The first kappa shape index (κ1) is 25.2. The molecule has 0 bridgehead atoms. The second-order valence-corrected chi connectivity index (χ2v) is 10.2. The zero-order valence-electron chi connectivity index (χ0n) is 21.4. The van der Waals surface area contributed by atoms with Crippen molar-refractivity contribution >= 4 is 28.6 Å². The van der Waals surface area contributed by atoms with E-state index in [2.05, 4.69) is 32.8 Å². The molecule has 0 spiro atoms. The summed E-state index contributed by atoms with van der Waals surface area (Å²) in [6.07, 6.45) is 9.63. The summed E-state index contributed by atoms with van der Waals surface area (Å²) >= 11 is 0. The summed E-state index contributed by atoms with van der Waals surface area (Å²) in [5.41, 5.74) is 3.72. The van der Waals surface area contributed by atoms with E-state index < -0.39 is 12.0 Å². The SMILES string of the molecule is Cn1ncc2c(C(=O)N[C@@H](CCN(CCCCc3ccc4c(n3)NCCC4)C3CC3)C(=O)O)cccc21. The Kier molecular flexibility index (Phi) is 7.69. The van der Waals surface area contributed by atoms with Crippen molar-refractivity contribution < 1.29 is 14.7 Å². The van der Waals surface area contributed by atoms with Gasteiger partial charge < -0.3 is 20.6 Å². The number of nitrogens with one attached hydrogen (secondary N) is 2. The molecule has 1 aliphatic heterocycles. The Balaban J connectivity index is 1.12. The van der Waals surface area contributed by atoms with Gasteiger partial charge in [-0.15, -0.1) is 0 Å². The lowest BCUT2D eigenvalue weighted by Crippen LogP contribution is -2.43. The Morgan fingerprint density at radius 3 is 2.89 bits per heavy atom. The molecule has 1 aromatic carbocycles. The van der Waals surface area contributed by atoms with Gasteiger partial charge in [-0.05, 0) is 81.7 Å². The quantitative estimate of drug-likeness (QED) is 0.324. The highest BCUT2D eigenvalue weighted by Gasteiger charge is 2.30. The number of pyridine rings is 1. The molecule has 2 aromatic heterocycles. The second-order valence-electron chi connectivity index (χ2n) is 10.2. The number of rotatable bonds is 12. The first-order valence-electron chi connectivity index (χ1n) is 13.4. The fourth-order valence-corrected chi connectivity index (χ4v) is 5.21. The summed E-state index contributed by atoms with van der Waals surface area (Å²) < 4.78 is 1.70. The van der Waals surface area contributed by atoms with Crippen molar-refractivity contribution in [1.29, 1.82) is 0 Å². The van der Waals surface area contributed by atoms with Gasteiger partial charge in [0.2, 0.25) is 0 Å². The van der Waals surface area contributed by atoms with E-state index in [9.17, 15) is 14.7 Å². The maximum Gasteiger partial charge on any atom is 0.326 e. The van der Waals surface area contributed by atoms with Crippen LogP contribution in [0.5, 0.6) is 0 Å². The Bertz CT molecular complexity index is 1270. The highest BCUT2D eigenvalue weighted by Crippen LogP contribution is 2.28. The van der Waals surface area contributed by atoms with Crippen LogP contribution in [-0.4, -0.2) is 68.4 Å². The van der Waals surface area contributed by atoms with E-state index in [0.717, 1.165) is 80.4 Å². The van der Waals surface area contributed by atoms with Crippen LogP contribution in [0.1, 0.15) is 60.1 Å². The van der Waals surface area contributed by atoms with E-state index in [4.69, 9.17) is 4.98 Å². The van der Waals surface area contributed by atoms with Gasteiger partial charge in [-0.1, -0.05) is 12.1 Å². The fourth-order valence-electron chi connectivity index (χ4n) is 5.21. The zero-order valence-corrected chi connectivity index (χ0v) is 21.4. The number of anilines is 1. The summed E-state index contributed by atoms with van der Waals surface area (Å²) in [6.45, 7) is 2.58. The van der Waals surface area contributed by atoms with Crippen LogP contribution in [0.4, 0.5) is 5.82 Å². The number of aromatic nitrogens is 3. The number of nitrogens with zero attached hydrogens (tertiary/aromatic N) is 4. The van der Waals surface area contributed by atoms with E-state index >= 15 is 0 Å². The molecular weight excluding hydrogens is 468 g/mol. The molecule has 196 valence electrons. The van der Waals surface area contributed by atoms with Crippen LogP contribution in [0.25, 0.3) is 10.9 Å². The van der Waals surface area contributed by atoms with Crippen molar-refractivity contribution in [2.75, 3.05) is 25.0 Å². The van der Waals surface area contributed by atoms with Crippen LogP contribution < -0.4 is 10.6 Å².